The van der Waals surface area contributed by atoms with Crippen LogP contribution in [0.1, 0.15) is 51.9 Å². The molecule has 4 aromatic rings. The Hall–Kier alpha value is -5.24. The normalized spacial score (nSPS) is 22.9. The molecular formula is C36H31N3O5. The fourth-order valence-electron chi connectivity index (χ4n) is 7.30. The summed E-state index contributed by atoms with van der Waals surface area (Å²) in [5.74, 6) is -1.57. The molecule has 1 fully saturated rings. The van der Waals surface area contributed by atoms with Crippen molar-refractivity contribution >= 4 is 29.6 Å². The van der Waals surface area contributed by atoms with E-state index < -0.39 is 23.2 Å². The maximum Gasteiger partial charge on any atom is 0.275 e. The first-order chi connectivity index (χ1) is 21.5. The fraction of sp³-hybridized carbons (Fsp3) is 0.222. The van der Waals surface area contributed by atoms with Gasteiger partial charge in [0.2, 0.25) is 11.8 Å². The highest BCUT2D eigenvalue weighted by molar-refractivity contribution is 6.25. The van der Waals surface area contributed by atoms with Crippen molar-refractivity contribution in [3.8, 4) is 11.5 Å². The first-order valence-corrected chi connectivity index (χ1v) is 14.8. The molecule has 4 aliphatic rings. The summed E-state index contributed by atoms with van der Waals surface area (Å²) in [6.07, 6.45) is 2.53. The second kappa shape index (κ2) is 10.8. The number of nitrogens with zero attached hydrogens (tertiary/aromatic N) is 2. The summed E-state index contributed by atoms with van der Waals surface area (Å²) in [7, 11) is 1.50. The van der Waals surface area contributed by atoms with Gasteiger partial charge in [0.15, 0.2) is 0 Å². The number of anilines is 1. The highest BCUT2D eigenvalue weighted by Crippen LogP contribution is 2.63. The lowest BCUT2D eigenvalue weighted by Crippen LogP contribution is -2.54. The number of hydrazone groups is 1. The lowest BCUT2D eigenvalue weighted by Gasteiger charge is -2.52. The van der Waals surface area contributed by atoms with Crippen LogP contribution in [0.25, 0.3) is 0 Å². The Kier molecular flexibility index (Phi) is 6.77. The Morgan fingerprint density at radius 3 is 2.18 bits per heavy atom. The number of imide groups is 1. The van der Waals surface area contributed by atoms with E-state index in [9.17, 15) is 14.4 Å². The number of rotatable bonds is 8. The number of methoxy groups -OCH3 is 1. The van der Waals surface area contributed by atoms with Crippen molar-refractivity contribution in [3.63, 3.8) is 0 Å². The minimum absolute atomic E-state index is 0.243. The Bertz CT molecular complexity index is 1770. The van der Waals surface area contributed by atoms with E-state index in [-0.39, 0.29) is 17.7 Å². The van der Waals surface area contributed by atoms with Gasteiger partial charge in [-0.3, -0.25) is 14.4 Å². The van der Waals surface area contributed by atoms with Crippen LogP contribution in [0.4, 0.5) is 5.69 Å². The molecular weight excluding hydrogens is 554 g/mol. The van der Waals surface area contributed by atoms with E-state index in [1.54, 1.807) is 54.7 Å². The smallest absolute Gasteiger partial charge is 0.275 e. The van der Waals surface area contributed by atoms with E-state index in [2.05, 4.69) is 10.5 Å². The van der Waals surface area contributed by atoms with Gasteiger partial charge < -0.3 is 9.47 Å². The maximum absolute atomic E-state index is 14.5. The number of carbonyl (C=O) groups is 3. The lowest BCUT2D eigenvalue weighted by molar-refractivity contribution is -0.122. The van der Waals surface area contributed by atoms with Gasteiger partial charge in [-0.15, -0.1) is 0 Å². The van der Waals surface area contributed by atoms with Gasteiger partial charge >= 0.3 is 0 Å². The van der Waals surface area contributed by atoms with Gasteiger partial charge in [0.25, 0.3) is 5.91 Å². The number of hydrogen-bond acceptors (Lipinski definition) is 6. The van der Waals surface area contributed by atoms with E-state index in [1.807, 2.05) is 55.5 Å². The van der Waals surface area contributed by atoms with Crippen LogP contribution in [0, 0.1) is 11.8 Å². The molecule has 1 heterocycles. The number of hydrogen-bond donors (Lipinski definition) is 1. The van der Waals surface area contributed by atoms with Crippen LogP contribution in [0.3, 0.4) is 0 Å². The monoisotopic (exact) mass is 585 g/mol. The molecule has 8 nitrogen and oxygen atoms in total. The fourth-order valence-corrected chi connectivity index (χ4v) is 7.30. The quantitative estimate of drug-likeness (QED) is 0.169. The predicted molar refractivity (Wildman–Crippen MR) is 166 cm³/mol. The van der Waals surface area contributed by atoms with Crippen molar-refractivity contribution in [3.05, 3.63) is 125 Å². The number of carbonyl (C=O) groups excluding carboxylic acids is 3. The average molecular weight is 586 g/mol. The van der Waals surface area contributed by atoms with Gasteiger partial charge in [0.1, 0.15) is 11.5 Å². The van der Waals surface area contributed by atoms with Crippen molar-refractivity contribution in [1.82, 2.24) is 5.43 Å². The van der Waals surface area contributed by atoms with Gasteiger partial charge in [-0.1, -0.05) is 67.6 Å². The van der Waals surface area contributed by atoms with Crippen molar-refractivity contribution in [2.45, 2.75) is 24.7 Å². The molecule has 1 aliphatic heterocycles. The van der Waals surface area contributed by atoms with Crippen LogP contribution in [0.5, 0.6) is 11.5 Å². The molecule has 0 radical (unpaired) electrons. The SMILES string of the molecule is CCCOc1ccc(N2C(=O)[C@@H]3[C@@H](C2=O)C2c4ccccc4C3(/C=N/NC(=O)c3ccccc3OC)c3ccccc32)cc1. The molecule has 0 unspecified atom stereocenters. The van der Waals surface area contributed by atoms with E-state index in [1.165, 1.54) is 12.0 Å². The van der Waals surface area contributed by atoms with E-state index >= 15 is 0 Å². The van der Waals surface area contributed by atoms with E-state index in [0.717, 1.165) is 28.7 Å². The summed E-state index contributed by atoms with van der Waals surface area (Å²) in [4.78, 5) is 43.4. The molecule has 220 valence electrons. The molecule has 2 bridgehead atoms. The Labute approximate surface area is 255 Å². The predicted octanol–water partition coefficient (Wildman–Crippen LogP) is 5.45. The molecule has 0 saturated carbocycles. The van der Waals surface area contributed by atoms with Gasteiger partial charge in [-0.05, 0) is 65.1 Å². The van der Waals surface area contributed by atoms with Crippen LogP contribution in [-0.4, -0.2) is 37.7 Å². The van der Waals surface area contributed by atoms with Crippen LogP contribution in [0.2, 0.25) is 0 Å². The minimum atomic E-state index is -1.09. The highest BCUT2D eigenvalue weighted by atomic mass is 16.5. The van der Waals surface area contributed by atoms with Crippen molar-refractivity contribution < 1.29 is 23.9 Å². The molecule has 1 N–H and O–H groups in total. The Morgan fingerprint density at radius 2 is 1.52 bits per heavy atom. The van der Waals surface area contributed by atoms with Crippen molar-refractivity contribution in [2.24, 2.45) is 16.9 Å². The number of nitrogens with one attached hydrogen (secondary N) is 1. The average Bonchev–Trinajstić information content (AvgIpc) is 3.34. The topological polar surface area (TPSA) is 97.3 Å². The van der Waals surface area contributed by atoms with Crippen LogP contribution >= 0.6 is 0 Å². The number of amides is 3. The number of ether oxygens (including phenoxy) is 2. The molecule has 4 aromatic carbocycles. The zero-order valence-electron chi connectivity index (χ0n) is 24.4. The summed E-state index contributed by atoms with van der Waals surface area (Å²) in [5.41, 5.74) is 6.19. The molecule has 2 atom stereocenters. The van der Waals surface area contributed by atoms with Gasteiger partial charge in [0, 0.05) is 12.1 Å². The number of para-hydroxylation sites is 1. The molecule has 8 heteroatoms. The molecule has 3 amide bonds. The third kappa shape index (κ3) is 3.97. The third-order valence-corrected chi connectivity index (χ3v) is 9.04. The summed E-state index contributed by atoms with van der Waals surface area (Å²) in [6, 6.07) is 29.8. The van der Waals surface area contributed by atoms with Gasteiger partial charge in [-0.25, -0.2) is 10.3 Å². The third-order valence-electron chi connectivity index (χ3n) is 9.04. The van der Waals surface area contributed by atoms with E-state index in [4.69, 9.17) is 9.47 Å². The lowest BCUT2D eigenvalue weighted by atomic mass is 9.47. The van der Waals surface area contributed by atoms with Crippen LogP contribution in [0.15, 0.2) is 102 Å². The summed E-state index contributed by atoms with van der Waals surface area (Å²) < 4.78 is 11.1. The maximum atomic E-state index is 14.5. The Morgan fingerprint density at radius 1 is 0.886 bits per heavy atom. The number of benzene rings is 4. The van der Waals surface area contributed by atoms with Crippen LogP contribution < -0.4 is 19.8 Å². The zero-order chi connectivity index (χ0) is 30.4. The summed E-state index contributed by atoms with van der Waals surface area (Å²) in [6.45, 7) is 2.61. The second-order valence-corrected chi connectivity index (χ2v) is 11.3. The summed E-state index contributed by atoms with van der Waals surface area (Å²) >= 11 is 0. The van der Waals surface area contributed by atoms with Crippen LogP contribution in [-0.2, 0) is 15.0 Å². The largest absolute Gasteiger partial charge is 0.496 e. The minimum Gasteiger partial charge on any atom is -0.496 e. The van der Waals surface area contributed by atoms with Gasteiger partial charge in [0.05, 0.1) is 42.2 Å². The first kappa shape index (κ1) is 27.6. The molecule has 8 rings (SSSR count). The standard InChI is InChI=1S/C36H31N3O5/c1-3-20-44-23-18-16-22(17-19-23)39-34(41)31-30-24-10-4-7-13-27(24)36(32(31)35(39)42,28-14-8-5-11-25(28)30)21-37-38-33(40)26-12-6-9-15-29(26)43-2/h4-19,21,30-32H,3,20H2,1-2H3,(H,38,40)/b37-21+/t30?,31-,32-,36?/m0/s1. The molecule has 0 aromatic heterocycles. The molecule has 3 aliphatic carbocycles. The zero-order valence-corrected chi connectivity index (χ0v) is 24.4. The molecule has 1 saturated heterocycles. The van der Waals surface area contributed by atoms with Gasteiger partial charge in [-0.2, -0.15) is 5.10 Å². The molecule has 0 spiro atoms. The van der Waals surface area contributed by atoms with E-state index in [0.29, 0.717) is 29.4 Å². The Balaban J connectivity index is 1.34. The summed E-state index contributed by atoms with van der Waals surface area (Å²) in [5, 5.41) is 4.49. The molecule has 44 heavy (non-hydrogen) atoms. The van der Waals surface area contributed by atoms with Crippen molar-refractivity contribution in [1.29, 1.82) is 0 Å². The van der Waals surface area contributed by atoms with Crippen molar-refractivity contribution in [2.75, 3.05) is 18.6 Å². The highest BCUT2D eigenvalue weighted by Gasteiger charge is 2.68. The first-order valence-electron chi connectivity index (χ1n) is 14.8. The second-order valence-electron chi connectivity index (χ2n) is 11.3.